The predicted molar refractivity (Wildman–Crippen MR) is 117 cm³/mol. The van der Waals surface area contributed by atoms with Crippen molar-refractivity contribution in [2.75, 3.05) is 20.3 Å². The maximum Gasteiger partial charge on any atom is 0.305 e. The molecule has 1 N–H and O–H groups in total. The summed E-state index contributed by atoms with van der Waals surface area (Å²) in [6, 6.07) is 10.1. The lowest BCUT2D eigenvalue weighted by Crippen LogP contribution is -2.32. The molecule has 0 aliphatic carbocycles. The van der Waals surface area contributed by atoms with E-state index in [4.69, 9.17) is 21.7 Å². The third kappa shape index (κ3) is 4.49. The van der Waals surface area contributed by atoms with Gasteiger partial charge in [-0.2, -0.15) is 0 Å². The summed E-state index contributed by atoms with van der Waals surface area (Å²) < 4.78 is 12.9. The molecule has 2 aromatic rings. The van der Waals surface area contributed by atoms with Gasteiger partial charge >= 0.3 is 5.97 Å². The third-order valence-electron chi connectivity index (χ3n) is 5.80. The number of pyridine rings is 1. The molecule has 2 fully saturated rings. The lowest BCUT2D eigenvalue weighted by atomic mass is 10.0. The van der Waals surface area contributed by atoms with E-state index in [-0.39, 0.29) is 24.2 Å². The molecular weight excluding hydrogens is 400 g/mol. The van der Waals surface area contributed by atoms with Gasteiger partial charge in [-0.05, 0) is 55.7 Å². The SMILES string of the molecule is COC(=O)CCCN1C(=S)NC(c2ccccn2)C1c1cccn1CC1CCCO1. The third-order valence-corrected chi connectivity index (χ3v) is 6.15. The topological polar surface area (TPSA) is 68.6 Å². The fourth-order valence-electron chi connectivity index (χ4n) is 4.33. The van der Waals surface area contributed by atoms with Gasteiger partial charge in [-0.3, -0.25) is 9.78 Å². The normalized spacial score (nSPS) is 23.6. The van der Waals surface area contributed by atoms with Crippen molar-refractivity contribution < 1.29 is 14.3 Å². The quantitative estimate of drug-likeness (QED) is 0.512. The first kappa shape index (κ1) is 20.8. The summed E-state index contributed by atoms with van der Waals surface area (Å²) in [5, 5.41) is 4.15. The van der Waals surface area contributed by atoms with E-state index in [1.165, 1.54) is 12.8 Å². The number of hydrogen-bond donors (Lipinski definition) is 1. The van der Waals surface area contributed by atoms with E-state index in [0.29, 0.717) is 24.5 Å². The Labute approximate surface area is 182 Å². The van der Waals surface area contributed by atoms with Gasteiger partial charge in [-0.1, -0.05) is 6.07 Å². The molecule has 0 bridgehead atoms. The lowest BCUT2D eigenvalue weighted by Gasteiger charge is -2.29. The van der Waals surface area contributed by atoms with Crippen LogP contribution in [0.3, 0.4) is 0 Å². The smallest absolute Gasteiger partial charge is 0.305 e. The van der Waals surface area contributed by atoms with E-state index < -0.39 is 0 Å². The van der Waals surface area contributed by atoms with Crippen molar-refractivity contribution in [3.63, 3.8) is 0 Å². The van der Waals surface area contributed by atoms with Gasteiger partial charge in [0.05, 0.1) is 31.0 Å². The second-order valence-corrected chi connectivity index (χ2v) is 8.11. The number of thiocarbonyl (C=S) groups is 1. The van der Waals surface area contributed by atoms with Gasteiger partial charge in [0.25, 0.3) is 0 Å². The molecule has 2 saturated heterocycles. The van der Waals surface area contributed by atoms with Crippen LogP contribution in [-0.2, 0) is 20.8 Å². The first-order valence-electron chi connectivity index (χ1n) is 10.5. The van der Waals surface area contributed by atoms with Crippen LogP contribution in [0.4, 0.5) is 0 Å². The van der Waals surface area contributed by atoms with Crippen LogP contribution >= 0.6 is 12.2 Å². The molecule has 8 heteroatoms. The maximum absolute atomic E-state index is 11.6. The first-order valence-corrected chi connectivity index (χ1v) is 10.9. The Balaban J connectivity index is 1.61. The van der Waals surface area contributed by atoms with Crippen LogP contribution in [0.15, 0.2) is 42.7 Å². The van der Waals surface area contributed by atoms with Gasteiger partial charge in [0.1, 0.15) is 0 Å². The summed E-state index contributed by atoms with van der Waals surface area (Å²) in [6.07, 6.45) is 7.42. The minimum atomic E-state index is -0.201. The van der Waals surface area contributed by atoms with Crippen molar-refractivity contribution in [3.8, 4) is 0 Å². The number of aromatic nitrogens is 2. The van der Waals surface area contributed by atoms with Gasteiger partial charge in [-0.25, -0.2) is 0 Å². The monoisotopic (exact) mass is 428 g/mol. The molecule has 7 nitrogen and oxygen atoms in total. The Kier molecular flexibility index (Phi) is 6.64. The van der Waals surface area contributed by atoms with E-state index >= 15 is 0 Å². The fourth-order valence-corrected chi connectivity index (χ4v) is 4.67. The molecule has 0 spiro atoms. The summed E-state index contributed by atoms with van der Waals surface area (Å²) in [7, 11) is 1.42. The van der Waals surface area contributed by atoms with Crippen molar-refractivity contribution in [2.24, 2.45) is 0 Å². The van der Waals surface area contributed by atoms with Crippen LogP contribution in [0.2, 0.25) is 0 Å². The molecule has 4 heterocycles. The zero-order chi connectivity index (χ0) is 20.9. The molecule has 30 heavy (non-hydrogen) atoms. The molecule has 160 valence electrons. The van der Waals surface area contributed by atoms with E-state index in [1.807, 2.05) is 24.4 Å². The Morgan fingerprint density at radius 3 is 3.00 bits per heavy atom. The Hall–Kier alpha value is -2.45. The van der Waals surface area contributed by atoms with Gasteiger partial charge in [0, 0.05) is 44.2 Å². The number of carbonyl (C=O) groups is 1. The van der Waals surface area contributed by atoms with E-state index in [1.54, 1.807) is 0 Å². The van der Waals surface area contributed by atoms with E-state index in [0.717, 1.165) is 31.7 Å². The van der Waals surface area contributed by atoms with Crippen LogP contribution < -0.4 is 5.32 Å². The molecule has 3 unspecified atom stereocenters. The minimum absolute atomic E-state index is 0.0125. The molecule has 2 aromatic heterocycles. The summed E-state index contributed by atoms with van der Waals surface area (Å²) >= 11 is 5.70. The van der Waals surface area contributed by atoms with Gasteiger partial charge in [0.15, 0.2) is 5.11 Å². The molecule has 3 atom stereocenters. The summed E-state index contributed by atoms with van der Waals surface area (Å²) in [6.45, 7) is 2.34. The van der Waals surface area contributed by atoms with E-state index in [9.17, 15) is 4.79 Å². The van der Waals surface area contributed by atoms with Crippen molar-refractivity contribution in [1.82, 2.24) is 19.8 Å². The number of hydrogen-bond acceptors (Lipinski definition) is 5. The molecule has 2 aliphatic heterocycles. The van der Waals surface area contributed by atoms with Crippen molar-refractivity contribution in [2.45, 2.75) is 50.4 Å². The summed E-state index contributed by atoms with van der Waals surface area (Å²) in [5.74, 6) is -0.201. The highest BCUT2D eigenvalue weighted by Gasteiger charge is 2.41. The summed E-state index contributed by atoms with van der Waals surface area (Å²) in [4.78, 5) is 18.4. The van der Waals surface area contributed by atoms with Crippen LogP contribution in [0.25, 0.3) is 0 Å². The largest absolute Gasteiger partial charge is 0.469 e. The minimum Gasteiger partial charge on any atom is -0.469 e. The zero-order valence-corrected chi connectivity index (χ0v) is 18.0. The molecule has 0 amide bonds. The van der Waals surface area contributed by atoms with Crippen LogP contribution in [-0.4, -0.2) is 51.9 Å². The second kappa shape index (κ2) is 9.57. The Morgan fingerprint density at radius 1 is 1.37 bits per heavy atom. The Morgan fingerprint density at radius 2 is 2.27 bits per heavy atom. The van der Waals surface area contributed by atoms with Crippen LogP contribution in [0, 0.1) is 0 Å². The molecule has 0 radical (unpaired) electrons. The summed E-state index contributed by atoms with van der Waals surface area (Å²) in [5.41, 5.74) is 2.12. The second-order valence-electron chi connectivity index (χ2n) is 7.72. The van der Waals surface area contributed by atoms with Crippen molar-refractivity contribution >= 4 is 23.3 Å². The van der Waals surface area contributed by atoms with Crippen LogP contribution in [0.1, 0.15) is 49.2 Å². The number of nitrogens with one attached hydrogen (secondary N) is 1. The zero-order valence-electron chi connectivity index (χ0n) is 17.2. The van der Waals surface area contributed by atoms with Gasteiger partial charge in [0.2, 0.25) is 0 Å². The number of nitrogens with zero attached hydrogens (tertiary/aromatic N) is 3. The average molecular weight is 429 g/mol. The first-order chi connectivity index (χ1) is 14.7. The molecule has 0 saturated carbocycles. The molecule has 2 aliphatic rings. The highest BCUT2D eigenvalue weighted by Crippen LogP contribution is 2.39. The van der Waals surface area contributed by atoms with E-state index in [2.05, 4.69) is 38.1 Å². The molecular formula is C22H28N4O3S. The number of esters is 1. The fraction of sp³-hybridized carbons (Fsp3) is 0.500. The number of ether oxygens (including phenoxy) is 2. The lowest BCUT2D eigenvalue weighted by molar-refractivity contribution is -0.140. The van der Waals surface area contributed by atoms with Gasteiger partial charge < -0.3 is 24.3 Å². The number of carbonyl (C=O) groups excluding carboxylic acids is 1. The molecule has 4 rings (SSSR count). The van der Waals surface area contributed by atoms with Crippen molar-refractivity contribution in [1.29, 1.82) is 0 Å². The van der Waals surface area contributed by atoms with Crippen LogP contribution in [0.5, 0.6) is 0 Å². The predicted octanol–water partition coefficient (Wildman–Crippen LogP) is 2.99. The highest BCUT2D eigenvalue weighted by molar-refractivity contribution is 7.80. The highest BCUT2D eigenvalue weighted by atomic mass is 32.1. The molecule has 0 aromatic carbocycles. The average Bonchev–Trinajstić information content (AvgIpc) is 3.50. The maximum atomic E-state index is 11.6. The number of methoxy groups -OCH3 is 1. The van der Waals surface area contributed by atoms with Gasteiger partial charge in [-0.15, -0.1) is 0 Å². The van der Waals surface area contributed by atoms with Crippen molar-refractivity contribution in [3.05, 3.63) is 54.1 Å². The Bertz CT molecular complexity index is 866. The standard InChI is InChI=1S/C22H28N4O3S/c1-28-19(27)10-5-13-26-21(20(24-22(26)30)17-8-2-3-11-23-17)18-9-4-12-25(18)15-16-7-6-14-29-16/h2-4,8-9,11-12,16,20-21H,5-7,10,13-15H2,1H3,(H,24,30). The number of rotatable bonds is 8.